The third kappa shape index (κ3) is 6.44. The van der Waals surface area contributed by atoms with Gasteiger partial charge in [0.15, 0.2) is 0 Å². The number of halogens is 6. The number of benzene rings is 9. The van der Waals surface area contributed by atoms with Crippen LogP contribution in [0.15, 0.2) is 194 Å². The molecule has 11 rings (SSSR count). The van der Waals surface area contributed by atoms with Gasteiger partial charge >= 0.3 is 12.4 Å². The zero-order valence-corrected chi connectivity index (χ0v) is 35.0. The van der Waals surface area contributed by atoms with E-state index >= 15 is 0 Å². The van der Waals surface area contributed by atoms with Gasteiger partial charge in [-0.3, -0.25) is 0 Å². The smallest absolute Gasteiger partial charge is 0.310 e. The molecule has 0 saturated carbocycles. The zero-order chi connectivity index (χ0) is 46.2. The molecule has 0 amide bonds. The summed E-state index contributed by atoms with van der Waals surface area (Å²) >= 11 is 0. The molecule has 2 aliphatic rings. The fraction of sp³-hybridized carbons (Fsp3) is 0.0526. The minimum absolute atomic E-state index is 0.422. The summed E-state index contributed by atoms with van der Waals surface area (Å²) in [6.45, 7) is 0. The predicted octanol–water partition coefficient (Wildman–Crippen LogP) is 15.9. The van der Waals surface area contributed by atoms with E-state index in [2.05, 4.69) is 60.7 Å². The first-order chi connectivity index (χ1) is 32.4. The number of nitrogens with zero attached hydrogens (tertiary/aromatic N) is 4. The predicted molar refractivity (Wildman–Crippen MR) is 249 cm³/mol. The van der Waals surface area contributed by atoms with Crippen LogP contribution in [-0.2, 0) is 17.8 Å². The van der Waals surface area contributed by atoms with Gasteiger partial charge in [0.25, 0.3) is 0 Å². The molecule has 0 radical (unpaired) electrons. The molecule has 322 valence electrons. The Morgan fingerprint density at radius 2 is 0.791 bits per heavy atom. The van der Waals surface area contributed by atoms with Crippen LogP contribution in [0.25, 0.3) is 33.0 Å². The summed E-state index contributed by atoms with van der Waals surface area (Å²) in [4.78, 5) is 3.81. The summed E-state index contributed by atoms with van der Waals surface area (Å²) in [5, 5.41) is 21.1. The van der Waals surface area contributed by atoms with Crippen LogP contribution >= 0.6 is 0 Å². The van der Waals surface area contributed by atoms with Crippen LogP contribution in [-0.4, -0.2) is 0 Å². The van der Waals surface area contributed by atoms with Crippen molar-refractivity contribution < 1.29 is 26.3 Å². The largest absolute Gasteiger partial charge is 0.416 e. The number of hydrogen-bond acceptors (Lipinski definition) is 4. The molecule has 67 heavy (non-hydrogen) atoms. The van der Waals surface area contributed by atoms with Crippen LogP contribution < -0.4 is 9.80 Å². The molecule has 0 atom stereocenters. The van der Waals surface area contributed by atoms with Crippen molar-refractivity contribution in [2.45, 2.75) is 17.8 Å². The molecule has 0 saturated heterocycles. The lowest BCUT2D eigenvalue weighted by Gasteiger charge is -2.34. The Morgan fingerprint density at radius 3 is 1.27 bits per heavy atom. The van der Waals surface area contributed by atoms with Crippen molar-refractivity contribution in [3.8, 4) is 34.4 Å². The van der Waals surface area contributed by atoms with Crippen LogP contribution in [0, 0.1) is 22.7 Å². The quantitative estimate of drug-likeness (QED) is 0.156. The molecule has 9 aromatic rings. The van der Waals surface area contributed by atoms with Crippen molar-refractivity contribution in [1.82, 2.24) is 0 Å². The lowest BCUT2D eigenvalue weighted by atomic mass is 9.70. The highest BCUT2D eigenvalue weighted by molar-refractivity contribution is 6.12. The van der Waals surface area contributed by atoms with Crippen LogP contribution in [0.5, 0.6) is 0 Å². The van der Waals surface area contributed by atoms with Crippen molar-refractivity contribution >= 4 is 44.9 Å². The number of fused-ring (bicyclic) bond motifs is 12. The average molecular weight is 887 g/mol. The molecular formula is C57H32F6N4. The molecule has 0 fully saturated rings. The maximum Gasteiger partial charge on any atom is 0.416 e. The molecule has 10 heteroatoms. The number of alkyl halides is 6. The fourth-order valence-corrected chi connectivity index (χ4v) is 10.1. The van der Waals surface area contributed by atoms with Crippen molar-refractivity contribution in [1.29, 1.82) is 10.5 Å². The average Bonchev–Trinajstić information content (AvgIpc) is 3.81. The first-order valence-electron chi connectivity index (χ1n) is 21.3. The highest BCUT2D eigenvalue weighted by atomic mass is 19.4. The number of hydrogen-bond donors (Lipinski definition) is 0. The molecular weight excluding hydrogens is 855 g/mol. The minimum Gasteiger partial charge on any atom is -0.310 e. The highest BCUT2D eigenvalue weighted by Crippen LogP contribution is 2.65. The Balaban J connectivity index is 1.22. The maximum absolute atomic E-state index is 14.0. The molecule has 0 aromatic heterocycles. The monoisotopic (exact) mass is 886 g/mol. The van der Waals surface area contributed by atoms with Gasteiger partial charge < -0.3 is 9.80 Å². The SMILES string of the molecule is N#Cc1ccc(N(c2ccc(C(F)(F)F)cc2)c2ccc3c(c2)C2(c4ccccc4-c4ccccc42)c2cc(N(c4ccc(C#N)cc4)c4ccc(C(F)(F)F)cc4)c4ccccc4c2-3)cc1. The van der Waals surface area contributed by atoms with Gasteiger partial charge in [0.2, 0.25) is 0 Å². The van der Waals surface area contributed by atoms with E-state index in [1.165, 1.54) is 24.3 Å². The summed E-state index contributed by atoms with van der Waals surface area (Å²) in [6, 6.07) is 60.8. The van der Waals surface area contributed by atoms with Gasteiger partial charge in [-0.2, -0.15) is 36.9 Å². The van der Waals surface area contributed by atoms with Crippen molar-refractivity contribution in [3.63, 3.8) is 0 Å². The number of nitriles is 2. The molecule has 2 aliphatic carbocycles. The van der Waals surface area contributed by atoms with E-state index < -0.39 is 28.9 Å². The van der Waals surface area contributed by atoms with Crippen molar-refractivity contribution in [2.75, 3.05) is 9.80 Å². The highest BCUT2D eigenvalue weighted by Gasteiger charge is 2.53. The molecule has 9 aromatic carbocycles. The first kappa shape index (κ1) is 41.1. The second-order valence-corrected chi connectivity index (χ2v) is 16.5. The summed E-state index contributed by atoms with van der Waals surface area (Å²) in [7, 11) is 0. The normalized spacial score (nSPS) is 13.0. The summed E-state index contributed by atoms with van der Waals surface area (Å²) in [6.07, 6.45) is -9.10. The summed E-state index contributed by atoms with van der Waals surface area (Å²) < 4.78 is 83.8. The van der Waals surface area contributed by atoms with Crippen LogP contribution in [0.2, 0.25) is 0 Å². The molecule has 0 unspecified atom stereocenters. The van der Waals surface area contributed by atoms with Gasteiger partial charge in [-0.25, -0.2) is 0 Å². The molecule has 0 bridgehead atoms. The molecule has 4 nitrogen and oxygen atoms in total. The topological polar surface area (TPSA) is 54.1 Å². The Hall–Kier alpha value is -8.60. The molecule has 0 aliphatic heterocycles. The fourth-order valence-electron chi connectivity index (χ4n) is 10.1. The van der Waals surface area contributed by atoms with Gasteiger partial charge in [-0.15, -0.1) is 0 Å². The lowest BCUT2D eigenvalue weighted by Crippen LogP contribution is -2.26. The Kier molecular flexibility index (Phi) is 9.36. The molecule has 1 spiro atoms. The Labute approximate surface area is 381 Å². The molecule has 0 heterocycles. The van der Waals surface area contributed by atoms with Crippen molar-refractivity contribution in [3.05, 3.63) is 239 Å². The second kappa shape index (κ2) is 15.3. The summed E-state index contributed by atoms with van der Waals surface area (Å²) in [5.74, 6) is 0. The van der Waals surface area contributed by atoms with E-state index in [9.17, 15) is 36.9 Å². The van der Waals surface area contributed by atoms with Gasteiger partial charge in [0, 0.05) is 33.8 Å². The molecule has 0 N–H and O–H groups in total. The third-order valence-corrected chi connectivity index (χ3v) is 13.0. The van der Waals surface area contributed by atoms with E-state index in [1.54, 1.807) is 48.5 Å². The Bertz CT molecular complexity index is 3460. The third-order valence-electron chi connectivity index (χ3n) is 13.0. The van der Waals surface area contributed by atoms with E-state index in [4.69, 9.17) is 0 Å². The van der Waals surface area contributed by atoms with E-state index in [0.29, 0.717) is 45.3 Å². The van der Waals surface area contributed by atoms with E-state index in [0.717, 1.165) is 79.5 Å². The van der Waals surface area contributed by atoms with Crippen LogP contribution in [0.4, 0.5) is 60.5 Å². The van der Waals surface area contributed by atoms with E-state index in [-0.39, 0.29) is 0 Å². The van der Waals surface area contributed by atoms with Crippen LogP contribution in [0.1, 0.15) is 44.5 Å². The van der Waals surface area contributed by atoms with Crippen LogP contribution in [0.3, 0.4) is 0 Å². The van der Waals surface area contributed by atoms with Gasteiger partial charge in [0.1, 0.15) is 0 Å². The first-order valence-corrected chi connectivity index (χ1v) is 21.3. The van der Waals surface area contributed by atoms with E-state index in [1.807, 2.05) is 58.3 Å². The Morgan fingerprint density at radius 1 is 0.373 bits per heavy atom. The van der Waals surface area contributed by atoms with Gasteiger partial charge in [0.05, 0.1) is 45.5 Å². The van der Waals surface area contributed by atoms with Gasteiger partial charge in [-0.1, -0.05) is 78.9 Å². The maximum atomic E-state index is 14.0. The number of anilines is 6. The standard InChI is InChI=1S/C57H32F6N4/c58-56(59,60)37-17-25-40(26-18-37)66(39-21-13-35(33-64)14-22-39)43-29-30-48-51(31-43)55(49-11-5-3-7-44(49)45-8-4-6-12-50(45)55)52-32-53(46-9-1-2-10-47(46)54(48)52)67(41-23-15-36(34-65)16-24-41)42-27-19-38(20-28-42)57(61,62)63/h1-32H. The number of rotatable bonds is 6. The zero-order valence-electron chi connectivity index (χ0n) is 35.0. The second-order valence-electron chi connectivity index (χ2n) is 16.5. The summed E-state index contributed by atoms with van der Waals surface area (Å²) in [5.41, 5.74) is 9.63. The minimum atomic E-state index is -4.56. The van der Waals surface area contributed by atoms with Gasteiger partial charge in [-0.05, 0) is 165 Å². The lowest BCUT2D eigenvalue weighted by molar-refractivity contribution is -0.138. The van der Waals surface area contributed by atoms with Crippen molar-refractivity contribution in [2.24, 2.45) is 0 Å².